The van der Waals surface area contributed by atoms with Gasteiger partial charge in [0.2, 0.25) is 11.7 Å². The molecule has 0 spiro atoms. The summed E-state index contributed by atoms with van der Waals surface area (Å²) in [6, 6.07) is -1.59. The zero-order valence-electron chi connectivity index (χ0n) is 29.3. The van der Waals surface area contributed by atoms with Crippen molar-refractivity contribution in [3.05, 3.63) is 12.7 Å². The molecule has 7 rings (SSSR count). The van der Waals surface area contributed by atoms with Crippen LogP contribution in [-0.2, 0) is 19.2 Å². The lowest BCUT2D eigenvalue weighted by Gasteiger charge is -2.56. The van der Waals surface area contributed by atoms with Crippen LogP contribution in [0.15, 0.2) is 12.7 Å². The average Bonchev–Trinajstić information content (AvgIpc) is 3.35. The van der Waals surface area contributed by atoms with Gasteiger partial charge in [-0.05, 0) is 112 Å². The number of nitrogens with one attached hydrogen (secondary N) is 2. The van der Waals surface area contributed by atoms with Crippen LogP contribution in [0.5, 0.6) is 0 Å². The number of rotatable bonds is 15. The van der Waals surface area contributed by atoms with Gasteiger partial charge >= 0.3 is 6.03 Å². The first kappa shape index (κ1) is 34.9. The molecule has 48 heavy (non-hydrogen) atoms. The van der Waals surface area contributed by atoms with Crippen molar-refractivity contribution in [2.75, 3.05) is 6.54 Å². The van der Waals surface area contributed by atoms with E-state index in [1.165, 1.54) is 19.3 Å². The highest BCUT2D eigenvalue weighted by Gasteiger charge is 2.69. The van der Waals surface area contributed by atoms with Crippen LogP contribution in [-0.4, -0.2) is 58.4 Å². The summed E-state index contributed by atoms with van der Waals surface area (Å²) in [7, 11) is 0. The number of fused-ring (bicyclic) bond motifs is 1. The summed E-state index contributed by atoms with van der Waals surface area (Å²) in [6.07, 6.45) is 20.7. The number of hydrogen-bond acceptors (Lipinski definition) is 5. The Bertz CT molecular complexity index is 1300. The molecule has 0 aromatic heterocycles. The van der Waals surface area contributed by atoms with E-state index < -0.39 is 29.6 Å². The van der Waals surface area contributed by atoms with Crippen LogP contribution in [0.1, 0.15) is 123 Å². The number of likely N-dealkylation sites (tertiary alicyclic amines) is 1. The number of terminal acetylenes is 1. The normalized spacial score (nSPS) is 34.0. The number of unbranched alkanes of at least 4 members (excludes halogenated alkanes) is 1. The van der Waals surface area contributed by atoms with Crippen LogP contribution >= 0.6 is 0 Å². The van der Waals surface area contributed by atoms with E-state index in [1.807, 2.05) is 0 Å². The summed E-state index contributed by atoms with van der Waals surface area (Å²) in [5.41, 5.74) is -0.255. The van der Waals surface area contributed by atoms with Gasteiger partial charge in [-0.1, -0.05) is 39.2 Å². The molecule has 6 saturated carbocycles. The number of urea groups is 1. The number of nitrogens with zero attached hydrogens (tertiary/aromatic N) is 1. The van der Waals surface area contributed by atoms with Gasteiger partial charge in [-0.15, -0.1) is 18.9 Å². The maximum absolute atomic E-state index is 14.7. The Balaban J connectivity index is 1.18. The van der Waals surface area contributed by atoms with Crippen molar-refractivity contribution in [3.8, 4) is 12.3 Å². The van der Waals surface area contributed by atoms with Crippen molar-refractivity contribution in [2.45, 2.75) is 141 Å². The number of carbonyl (C=O) groups excluding carboxylic acids is 5. The smallest absolute Gasteiger partial charge is 0.315 e. The molecule has 1 unspecified atom stereocenters. The Labute approximate surface area is 287 Å². The van der Waals surface area contributed by atoms with Gasteiger partial charge in [-0.2, -0.15) is 0 Å². The molecule has 7 aliphatic rings. The molecule has 0 aromatic carbocycles. The zero-order valence-corrected chi connectivity index (χ0v) is 29.3. The van der Waals surface area contributed by atoms with Gasteiger partial charge < -0.3 is 15.5 Å². The molecule has 7 fully saturated rings. The minimum Gasteiger partial charge on any atom is -0.333 e. The third-order valence-electron chi connectivity index (χ3n) is 13.4. The van der Waals surface area contributed by atoms with Gasteiger partial charge in [0.05, 0.1) is 6.04 Å². The van der Waals surface area contributed by atoms with Crippen LogP contribution in [0.25, 0.3) is 0 Å². The first-order valence-corrected chi connectivity index (χ1v) is 19.0. The summed E-state index contributed by atoms with van der Waals surface area (Å²) < 4.78 is 0. The number of allylic oxidation sites excluding steroid dienone is 1. The first-order valence-electron chi connectivity index (χ1n) is 19.0. The van der Waals surface area contributed by atoms with Gasteiger partial charge in [-0.3, -0.25) is 19.2 Å². The summed E-state index contributed by atoms with van der Waals surface area (Å²) in [6.45, 7) is 8.55. The minimum absolute atomic E-state index is 0.00305. The fourth-order valence-electron chi connectivity index (χ4n) is 11.3. The molecule has 5 atom stereocenters. The third-order valence-corrected chi connectivity index (χ3v) is 13.4. The largest absolute Gasteiger partial charge is 0.333 e. The molecule has 1 heterocycles. The molecule has 1 saturated heterocycles. The molecule has 0 radical (unpaired) electrons. The maximum Gasteiger partial charge on any atom is 0.315 e. The SMILES string of the molecule is C#CCCCC(=O)C(=O)C(CCC=C)CC(=O)[C@@H]1[C@@H]2[C@H](CN1C(=O)[C@@H](NC(=O)NC13CC4CC(CC(C4)C1)C3)C1CCCCC1)C2(C)C. The minimum atomic E-state index is -0.745. The second kappa shape index (κ2) is 14.1. The van der Waals surface area contributed by atoms with Crippen molar-refractivity contribution in [3.63, 3.8) is 0 Å². The van der Waals surface area contributed by atoms with E-state index in [1.54, 1.807) is 11.0 Å². The fourth-order valence-corrected chi connectivity index (χ4v) is 11.3. The molecule has 0 aromatic rings. The van der Waals surface area contributed by atoms with E-state index in [9.17, 15) is 24.0 Å². The second-order valence-corrected chi connectivity index (χ2v) is 17.1. The predicted molar refractivity (Wildman–Crippen MR) is 184 cm³/mol. The number of hydrogen-bond donors (Lipinski definition) is 2. The summed E-state index contributed by atoms with van der Waals surface area (Å²) in [4.78, 5) is 70.6. The number of Topliss-reactive ketones (excluding diaryl/α,β-unsaturated/α-hetero) is 3. The standard InChI is InChI=1S/C40H57N3O5/c1-5-7-10-16-31(44)36(46)29(13-8-6-2)20-32(45)35-33-30(39(33,3)4)24-43(35)37(47)34(28-14-11-9-12-15-28)41-38(48)42-40-21-25-17-26(22-40)19-27(18-25)23-40/h1,6,25-30,33-35H,2,7-24H2,3-4H3,(H2,41,42,48)/t25?,26?,27?,29?,30-,33-,34-,35+,40?/m0/s1. The Hall–Kier alpha value is -2.95. The van der Waals surface area contributed by atoms with Crippen LogP contribution in [0, 0.1) is 59.2 Å². The van der Waals surface area contributed by atoms with E-state index in [4.69, 9.17) is 6.42 Å². The monoisotopic (exact) mass is 659 g/mol. The highest BCUT2D eigenvalue weighted by molar-refractivity contribution is 6.38. The summed E-state index contributed by atoms with van der Waals surface area (Å²) in [5, 5.41) is 6.61. The lowest BCUT2D eigenvalue weighted by atomic mass is 9.53. The molecular formula is C40H57N3O5. The topological polar surface area (TPSA) is 113 Å². The van der Waals surface area contributed by atoms with Crippen LogP contribution in [0.4, 0.5) is 4.79 Å². The average molecular weight is 660 g/mol. The molecule has 8 nitrogen and oxygen atoms in total. The van der Waals surface area contributed by atoms with Gasteiger partial charge in [-0.25, -0.2) is 4.79 Å². The fraction of sp³-hybridized carbons (Fsp3) is 0.775. The van der Waals surface area contributed by atoms with E-state index in [0.29, 0.717) is 50.0 Å². The molecular weight excluding hydrogens is 602 g/mol. The van der Waals surface area contributed by atoms with Crippen LogP contribution in [0.2, 0.25) is 0 Å². The van der Waals surface area contributed by atoms with Crippen molar-refractivity contribution < 1.29 is 24.0 Å². The second-order valence-electron chi connectivity index (χ2n) is 17.1. The van der Waals surface area contributed by atoms with Crippen molar-refractivity contribution >= 4 is 29.3 Å². The van der Waals surface area contributed by atoms with E-state index in [0.717, 1.165) is 51.4 Å². The molecule has 1 aliphatic heterocycles. The van der Waals surface area contributed by atoms with Crippen molar-refractivity contribution in [2.24, 2.45) is 46.8 Å². The molecule has 6 aliphatic carbocycles. The van der Waals surface area contributed by atoms with Crippen LogP contribution in [0.3, 0.4) is 0 Å². The van der Waals surface area contributed by atoms with Gasteiger partial charge in [0, 0.05) is 37.3 Å². The summed E-state index contributed by atoms with van der Waals surface area (Å²) in [5.74, 6) is 2.74. The van der Waals surface area contributed by atoms with E-state index in [-0.39, 0.29) is 59.3 Å². The first-order chi connectivity index (χ1) is 23.0. The highest BCUT2D eigenvalue weighted by atomic mass is 16.2. The zero-order chi connectivity index (χ0) is 34.2. The van der Waals surface area contributed by atoms with Gasteiger partial charge in [0.25, 0.3) is 0 Å². The van der Waals surface area contributed by atoms with Crippen molar-refractivity contribution in [1.82, 2.24) is 15.5 Å². The van der Waals surface area contributed by atoms with Crippen LogP contribution < -0.4 is 10.6 Å². The highest BCUT2D eigenvalue weighted by Crippen LogP contribution is 2.65. The lowest BCUT2D eigenvalue weighted by molar-refractivity contribution is -0.144. The number of piperidine rings is 1. The summed E-state index contributed by atoms with van der Waals surface area (Å²) >= 11 is 0. The number of amides is 3. The predicted octanol–water partition coefficient (Wildman–Crippen LogP) is 6.17. The number of carbonyl (C=O) groups is 5. The lowest BCUT2D eigenvalue weighted by Crippen LogP contribution is -2.64. The molecule has 8 heteroatoms. The Morgan fingerprint density at radius 1 is 1.00 bits per heavy atom. The van der Waals surface area contributed by atoms with Gasteiger partial charge in [0.15, 0.2) is 11.6 Å². The van der Waals surface area contributed by atoms with E-state index >= 15 is 0 Å². The molecule has 2 N–H and O–H groups in total. The Morgan fingerprint density at radius 2 is 1.65 bits per heavy atom. The Morgan fingerprint density at radius 3 is 2.25 bits per heavy atom. The Kier molecular flexibility index (Phi) is 10.3. The number of ketones is 3. The molecule has 262 valence electrons. The van der Waals surface area contributed by atoms with E-state index in [2.05, 4.69) is 37.0 Å². The third kappa shape index (κ3) is 7.03. The molecule has 3 amide bonds. The molecule has 4 bridgehead atoms. The maximum atomic E-state index is 14.7. The van der Waals surface area contributed by atoms with Gasteiger partial charge in [0.1, 0.15) is 6.04 Å². The van der Waals surface area contributed by atoms with Crippen molar-refractivity contribution in [1.29, 1.82) is 0 Å². The quantitative estimate of drug-likeness (QED) is 0.0946.